The van der Waals surface area contributed by atoms with Crippen LogP contribution in [0.3, 0.4) is 0 Å². The van der Waals surface area contributed by atoms with Crippen molar-refractivity contribution in [2.75, 3.05) is 0 Å². The maximum Gasteiger partial charge on any atom is 0.418 e. The molecule has 0 amide bonds. The molecule has 0 atom stereocenters. The van der Waals surface area contributed by atoms with Crippen LogP contribution >= 0.6 is 11.3 Å². The molecule has 5 rings (SSSR count). The first kappa shape index (κ1) is 40.6. The van der Waals surface area contributed by atoms with Gasteiger partial charge in [0.2, 0.25) is 0 Å². The van der Waals surface area contributed by atoms with Crippen molar-refractivity contribution in [3.63, 3.8) is 0 Å². The molecule has 0 aliphatic carbocycles. The van der Waals surface area contributed by atoms with Crippen LogP contribution in [0, 0.1) is 31.7 Å². The monoisotopic (exact) mass is 883 g/mol. The zero-order valence-electron chi connectivity index (χ0n) is 29.9. The number of carbonyl (C=O) groups excluding carboxylic acids is 1. The number of rotatable bonds is 9. The van der Waals surface area contributed by atoms with Gasteiger partial charge in [-0.25, -0.2) is 0 Å². The summed E-state index contributed by atoms with van der Waals surface area (Å²) in [6.07, 6.45) is 1.42. The average molecular weight is 883 g/mol. The van der Waals surface area contributed by atoms with E-state index in [1.807, 2.05) is 71.9 Å². The van der Waals surface area contributed by atoms with Crippen LogP contribution in [-0.2, 0) is 31.1 Å². The number of hydrogen-bond donors (Lipinski definition) is 1. The van der Waals surface area contributed by atoms with Gasteiger partial charge in [-0.05, 0) is 50.7 Å². The Hall–Kier alpha value is -2.84. The van der Waals surface area contributed by atoms with Crippen LogP contribution in [0.5, 0.6) is 0 Å². The molecule has 265 valence electrons. The van der Waals surface area contributed by atoms with Crippen molar-refractivity contribution in [3.8, 4) is 11.3 Å². The Morgan fingerprint density at radius 3 is 2.12 bits per heavy atom. The molecule has 0 bridgehead atoms. The molecule has 3 nitrogen and oxygen atoms in total. The number of pyridine rings is 1. The Morgan fingerprint density at radius 2 is 1.55 bits per heavy atom. The van der Waals surface area contributed by atoms with Crippen molar-refractivity contribution in [2.24, 2.45) is 11.8 Å². The van der Waals surface area contributed by atoms with Gasteiger partial charge < -0.3 is 5.11 Å². The molecule has 49 heavy (non-hydrogen) atoms. The Kier molecular flexibility index (Phi) is 13.6. The van der Waals surface area contributed by atoms with Crippen molar-refractivity contribution in [1.82, 2.24) is 4.98 Å². The van der Waals surface area contributed by atoms with Crippen molar-refractivity contribution in [2.45, 2.75) is 93.0 Å². The minimum Gasteiger partial charge on any atom is -0.512 e. The first-order valence-corrected chi connectivity index (χ1v) is 21.2. The number of aromatic nitrogens is 1. The maximum atomic E-state index is 14.0. The predicted octanol–water partition coefficient (Wildman–Crippen LogP) is 12.1. The zero-order chi connectivity index (χ0) is 35.6. The number of hydrogen-bond acceptors (Lipinski definition) is 4. The molecule has 0 aliphatic rings. The Morgan fingerprint density at radius 1 is 0.939 bits per heavy atom. The van der Waals surface area contributed by atoms with Gasteiger partial charge in [0.05, 0.1) is 19.4 Å². The van der Waals surface area contributed by atoms with E-state index in [0.29, 0.717) is 15.8 Å². The van der Waals surface area contributed by atoms with Crippen LogP contribution in [0.15, 0.2) is 60.5 Å². The number of nitrogens with zero attached hydrogens (tertiary/aromatic N) is 1. The van der Waals surface area contributed by atoms with Crippen LogP contribution in [0.1, 0.15) is 70.1 Å². The summed E-state index contributed by atoms with van der Waals surface area (Å²) in [7, 11) is -1.74. The summed E-state index contributed by atoms with van der Waals surface area (Å²) < 4.78 is 43.5. The Balaban J connectivity index is 0.000000347. The van der Waals surface area contributed by atoms with E-state index in [0.717, 1.165) is 64.0 Å². The Labute approximate surface area is 307 Å². The number of carbonyl (C=O) groups is 1. The van der Waals surface area contributed by atoms with E-state index in [9.17, 15) is 23.1 Å². The summed E-state index contributed by atoms with van der Waals surface area (Å²) >= 11 is 1.40. The Bertz CT molecular complexity index is 1970. The number of fused-ring (bicyclic) bond motifs is 4. The largest absolute Gasteiger partial charge is 0.512 e. The van der Waals surface area contributed by atoms with Gasteiger partial charge in [-0.1, -0.05) is 88.6 Å². The van der Waals surface area contributed by atoms with E-state index in [1.165, 1.54) is 22.6 Å². The molecule has 1 radical (unpaired) electrons. The summed E-state index contributed by atoms with van der Waals surface area (Å²) in [6.45, 7) is 18.9. The molecule has 9 heteroatoms. The molecule has 0 aliphatic heterocycles. The third-order valence-electron chi connectivity index (χ3n) is 9.41. The quantitative estimate of drug-likeness (QED) is 0.0694. The van der Waals surface area contributed by atoms with E-state index in [4.69, 9.17) is 0 Å². The molecule has 1 N–H and O–H groups in total. The first-order valence-electron chi connectivity index (χ1n) is 16.9. The van der Waals surface area contributed by atoms with Gasteiger partial charge in [0.25, 0.3) is 0 Å². The molecular formula is C40H47F3IrNO2SSi-. The van der Waals surface area contributed by atoms with Gasteiger partial charge in [0.15, 0.2) is 5.78 Å². The molecule has 0 saturated heterocycles. The number of halogens is 3. The summed E-state index contributed by atoms with van der Waals surface area (Å²) in [5.74, 6) is 0.547. The van der Waals surface area contributed by atoms with E-state index in [1.54, 1.807) is 0 Å². The average Bonchev–Trinajstić information content (AvgIpc) is 3.42. The number of alkyl halides is 3. The summed E-state index contributed by atoms with van der Waals surface area (Å²) in [4.78, 5) is 16.1. The zero-order valence-corrected chi connectivity index (χ0v) is 34.1. The van der Waals surface area contributed by atoms with E-state index < -0.39 is 19.8 Å². The molecule has 3 aromatic carbocycles. The van der Waals surface area contributed by atoms with Crippen molar-refractivity contribution < 1.29 is 43.2 Å². The molecule has 0 spiro atoms. The van der Waals surface area contributed by atoms with Crippen LogP contribution in [0.25, 0.3) is 42.2 Å². The number of benzene rings is 3. The van der Waals surface area contributed by atoms with Gasteiger partial charge in [-0.2, -0.15) is 13.2 Å². The van der Waals surface area contributed by atoms with Crippen LogP contribution in [0.2, 0.25) is 19.6 Å². The standard InChI is InChI=1S/C27H23F3NSSi.C13H24O2.Ir/c1-15-10-11-20-23-21(27(28,29)30)14-31-24(26(23)32-25(20)16(15)2)18-12-17-8-6-7-9-19(17)22(13-18)33(3,4)5;1-5-10(6-2)12(14)9-13(15)11(7-3)8-4;/h6-11,13-14H,1-5H3;9-11,14H,5-8H2,1-4H3;/q-1;;/b;12-9-;. The predicted molar refractivity (Wildman–Crippen MR) is 200 cm³/mol. The molecule has 5 aromatic rings. The smallest absolute Gasteiger partial charge is 0.418 e. The number of aliphatic hydroxyl groups excluding tert-OH is 1. The van der Waals surface area contributed by atoms with Crippen molar-refractivity contribution in [3.05, 3.63) is 83.3 Å². The maximum absolute atomic E-state index is 14.0. The second-order valence-corrected chi connectivity index (χ2v) is 19.7. The molecule has 0 saturated carbocycles. The molecule has 2 aromatic heterocycles. The number of aryl methyl sites for hydroxylation is 2. The van der Waals surface area contributed by atoms with E-state index in [2.05, 4.69) is 42.8 Å². The summed E-state index contributed by atoms with van der Waals surface area (Å²) in [5, 5.41) is 14.0. The van der Waals surface area contributed by atoms with Crippen molar-refractivity contribution in [1.29, 1.82) is 0 Å². The summed E-state index contributed by atoms with van der Waals surface area (Å²) in [6, 6.07) is 17.4. The van der Waals surface area contributed by atoms with Crippen LogP contribution in [0.4, 0.5) is 13.2 Å². The fraction of sp³-hybridized carbons (Fsp3) is 0.400. The third kappa shape index (κ3) is 8.73. The molecule has 2 heterocycles. The second-order valence-electron chi connectivity index (χ2n) is 13.6. The molecule has 0 unspecified atom stereocenters. The second kappa shape index (κ2) is 16.5. The number of aliphatic hydroxyl groups is 1. The van der Waals surface area contributed by atoms with Crippen molar-refractivity contribution >= 4 is 61.3 Å². The fourth-order valence-corrected chi connectivity index (χ4v) is 9.23. The van der Waals surface area contributed by atoms with Crippen LogP contribution in [-0.4, -0.2) is 23.9 Å². The minimum absolute atomic E-state index is 0. The summed E-state index contributed by atoms with van der Waals surface area (Å²) in [5.41, 5.74) is 2.72. The van der Waals surface area contributed by atoms with Gasteiger partial charge in [0, 0.05) is 70.1 Å². The SMILES string of the molecule is CCC(CC)C(=O)/C=C(\O)C(CC)CC.Cc1ccc2c(sc3c(-c4[c-]c5ccccc5c([Si](C)(C)C)c4)ncc(C(F)(F)F)c32)c1C.[Ir]. The van der Waals surface area contributed by atoms with Gasteiger partial charge in [-0.3, -0.25) is 9.78 Å². The minimum atomic E-state index is -4.48. The fourth-order valence-electron chi connectivity index (χ4n) is 6.24. The first-order chi connectivity index (χ1) is 22.6. The van der Waals surface area contributed by atoms with Gasteiger partial charge in [-0.15, -0.1) is 40.1 Å². The van der Waals surface area contributed by atoms with E-state index >= 15 is 0 Å². The molecule has 0 fully saturated rings. The number of allylic oxidation sites excluding steroid dienone is 2. The van der Waals surface area contributed by atoms with E-state index in [-0.39, 0.29) is 48.9 Å². The van der Waals surface area contributed by atoms with Gasteiger partial charge in [0.1, 0.15) is 0 Å². The molecular weight excluding hydrogens is 836 g/mol. The van der Waals surface area contributed by atoms with Gasteiger partial charge >= 0.3 is 6.18 Å². The number of thiophene rings is 1. The topological polar surface area (TPSA) is 50.2 Å². The van der Waals surface area contributed by atoms with Crippen LogP contribution < -0.4 is 5.19 Å². The third-order valence-corrected chi connectivity index (χ3v) is 12.8. The normalized spacial score (nSPS) is 12.5. The number of ketones is 1.